The quantitative estimate of drug-likeness (QED) is 0.796. The number of rotatable bonds is 5. The normalized spacial score (nSPS) is 26.5. The lowest BCUT2D eigenvalue weighted by molar-refractivity contribution is -0.121. The number of thioether (sulfide) groups is 1. The van der Waals surface area contributed by atoms with Gasteiger partial charge in [-0.3, -0.25) is 4.79 Å². The van der Waals surface area contributed by atoms with Gasteiger partial charge in [-0.1, -0.05) is 18.2 Å². The molecule has 0 unspecified atom stereocenters. The summed E-state index contributed by atoms with van der Waals surface area (Å²) in [7, 11) is 0. The number of nitrogens with zero attached hydrogens (tertiary/aromatic N) is 4. The van der Waals surface area contributed by atoms with Crippen molar-refractivity contribution in [3.8, 4) is 0 Å². The highest BCUT2D eigenvalue weighted by Crippen LogP contribution is 2.49. The summed E-state index contributed by atoms with van der Waals surface area (Å²) in [5, 5.41) is 8.17. The Bertz CT molecular complexity index is 879. The van der Waals surface area contributed by atoms with Gasteiger partial charge in [0.2, 0.25) is 11.1 Å². The molecule has 1 N–H and O–H groups in total. The Kier molecular flexibility index (Phi) is 4.91. The lowest BCUT2D eigenvalue weighted by Gasteiger charge is -2.29. The van der Waals surface area contributed by atoms with Gasteiger partial charge in [-0.25, -0.2) is 9.50 Å². The first-order valence-corrected chi connectivity index (χ1v) is 10.9. The lowest BCUT2D eigenvalue weighted by atomic mass is 9.84. The van der Waals surface area contributed by atoms with E-state index in [0.717, 1.165) is 28.8 Å². The van der Waals surface area contributed by atoms with Crippen LogP contribution in [0.25, 0.3) is 5.78 Å². The van der Waals surface area contributed by atoms with E-state index in [0.29, 0.717) is 16.9 Å². The van der Waals surface area contributed by atoms with Crippen LogP contribution in [0.5, 0.6) is 0 Å². The van der Waals surface area contributed by atoms with E-state index >= 15 is 0 Å². The van der Waals surface area contributed by atoms with Gasteiger partial charge in [-0.2, -0.15) is 4.98 Å². The van der Waals surface area contributed by atoms with Crippen LogP contribution in [0, 0.1) is 38.5 Å². The molecule has 0 spiro atoms. The highest BCUT2D eigenvalue weighted by Gasteiger charge is 2.42. The number of hydrogen-bond donors (Lipinski definition) is 1. The SMILES string of the molecule is Cc1nc2nc(S[C@H](C)C(=O)N[C@@H](C)[C@H]3C[C@H]4CC[C@H]3C4)nn2c(C)c1C. The number of aryl methyl sites for hydroxylation is 2. The molecular weight excluding hydrogens is 358 g/mol. The predicted octanol–water partition coefficient (Wildman–Crippen LogP) is 3.47. The van der Waals surface area contributed by atoms with Crippen LogP contribution in [0.3, 0.4) is 0 Å². The third-order valence-electron chi connectivity index (χ3n) is 6.70. The molecule has 0 saturated heterocycles. The van der Waals surface area contributed by atoms with Crippen LogP contribution in [0.15, 0.2) is 5.16 Å². The number of amides is 1. The van der Waals surface area contributed by atoms with Gasteiger partial charge in [0.15, 0.2) is 0 Å². The number of hydrogen-bond acceptors (Lipinski definition) is 5. The zero-order valence-corrected chi connectivity index (χ0v) is 17.6. The molecule has 2 saturated carbocycles. The molecule has 2 bridgehead atoms. The molecule has 2 aliphatic rings. The van der Waals surface area contributed by atoms with Crippen molar-refractivity contribution in [2.24, 2.45) is 17.8 Å². The van der Waals surface area contributed by atoms with E-state index in [1.165, 1.54) is 37.4 Å². The second-order valence-corrected chi connectivity index (χ2v) is 9.72. The van der Waals surface area contributed by atoms with Crippen molar-refractivity contribution in [3.63, 3.8) is 0 Å². The van der Waals surface area contributed by atoms with Crippen LogP contribution in [0.1, 0.15) is 56.5 Å². The monoisotopic (exact) mass is 387 g/mol. The molecule has 2 aromatic rings. The topological polar surface area (TPSA) is 72.2 Å². The fraction of sp³-hybridized carbons (Fsp3) is 0.700. The smallest absolute Gasteiger partial charge is 0.253 e. The van der Waals surface area contributed by atoms with Crippen LogP contribution in [0.2, 0.25) is 0 Å². The van der Waals surface area contributed by atoms with E-state index in [4.69, 9.17) is 0 Å². The number of carbonyl (C=O) groups excluding carboxylic acids is 1. The van der Waals surface area contributed by atoms with E-state index in [9.17, 15) is 4.79 Å². The number of carbonyl (C=O) groups is 1. The van der Waals surface area contributed by atoms with Crippen LogP contribution in [-0.4, -0.2) is 36.8 Å². The molecule has 5 atom stereocenters. The third-order valence-corrected chi connectivity index (χ3v) is 7.65. The van der Waals surface area contributed by atoms with Gasteiger partial charge in [-0.05, 0) is 77.2 Å². The Morgan fingerprint density at radius 3 is 2.63 bits per heavy atom. The Morgan fingerprint density at radius 2 is 1.96 bits per heavy atom. The number of aromatic nitrogens is 4. The van der Waals surface area contributed by atoms with Crippen molar-refractivity contribution >= 4 is 23.4 Å². The van der Waals surface area contributed by atoms with E-state index in [-0.39, 0.29) is 17.2 Å². The summed E-state index contributed by atoms with van der Waals surface area (Å²) in [6.45, 7) is 10.1. The molecule has 2 aromatic heterocycles. The summed E-state index contributed by atoms with van der Waals surface area (Å²) in [5.74, 6) is 3.04. The van der Waals surface area contributed by atoms with Crippen molar-refractivity contribution in [3.05, 3.63) is 17.0 Å². The zero-order valence-electron chi connectivity index (χ0n) is 16.8. The van der Waals surface area contributed by atoms with E-state index in [1.807, 2.05) is 27.7 Å². The first kappa shape index (κ1) is 18.7. The molecule has 146 valence electrons. The van der Waals surface area contributed by atoms with Crippen molar-refractivity contribution in [2.75, 3.05) is 0 Å². The zero-order chi connectivity index (χ0) is 19.3. The molecule has 2 heterocycles. The second-order valence-electron chi connectivity index (χ2n) is 8.41. The summed E-state index contributed by atoms with van der Waals surface area (Å²) < 4.78 is 1.77. The maximum atomic E-state index is 12.7. The highest BCUT2D eigenvalue weighted by atomic mass is 32.2. The van der Waals surface area contributed by atoms with Crippen molar-refractivity contribution < 1.29 is 4.79 Å². The largest absolute Gasteiger partial charge is 0.352 e. The minimum Gasteiger partial charge on any atom is -0.352 e. The third kappa shape index (κ3) is 3.46. The fourth-order valence-corrected chi connectivity index (χ4v) is 5.61. The van der Waals surface area contributed by atoms with Crippen LogP contribution >= 0.6 is 11.8 Å². The Labute approximate surface area is 164 Å². The van der Waals surface area contributed by atoms with Crippen LogP contribution in [-0.2, 0) is 4.79 Å². The molecule has 2 aliphatic carbocycles. The maximum absolute atomic E-state index is 12.7. The van der Waals surface area contributed by atoms with Gasteiger partial charge in [-0.15, -0.1) is 5.10 Å². The maximum Gasteiger partial charge on any atom is 0.253 e. The summed E-state index contributed by atoms with van der Waals surface area (Å²) >= 11 is 1.40. The van der Waals surface area contributed by atoms with Crippen LogP contribution in [0.4, 0.5) is 0 Å². The Hall–Kier alpha value is -1.63. The molecule has 0 aliphatic heterocycles. The lowest BCUT2D eigenvalue weighted by Crippen LogP contribution is -2.43. The first-order chi connectivity index (χ1) is 12.8. The summed E-state index contributed by atoms with van der Waals surface area (Å²) in [5.41, 5.74) is 3.13. The minimum absolute atomic E-state index is 0.0752. The Balaban J connectivity index is 1.41. The number of fused-ring (bicyclic) bond motifs is 3. The summed E-state index contributed by atoms with van der Waals surface area (Å²) in [6, 6.07) is 0.249. The van der Waals surface area contributed by atoms with Gasteiger partial charge in [0.1, 0.15) is 0 Å². The molecule has 7 heteroatoms. The second kappa shape index (κ2) is 7.08. The van der Waals surface area contributed by atoms with Crippen LogP contribution < -0.4 is 5.32 Å². The predicted molar refractivity (Wildman–Crippen MR) is 107 cm³/mol. The van der Waals surface area contributed by atoms with E-state index < -0.39 is 0 Å². The van der Waals surface area contributed by atoms with Gasteiger partial charge >= 0.3 is 0 Å². The van der Waals surface area contributed by atoms with Gasteiger partial charge in [0.25, 0.3) is 5.78 Å². The van der Waals surface area contributed by atoms with Gasteiger partial charge < -0.3 is 5.32 Å². The average Bonchev–Trinajstić information content (AvgIpc) is 3.35. The van der Waals surface area contributed by atoms with Crippen molar-refractivity contribution in [1.82, 2.24) is 24.9 Å². The average molecular weight is 388 g/mol. The highest BCUT2D eigenvalue weighted by molar-refractivity contribution is 8.00. The molecule has 0 radical (unpaired) electrons. The van der Waals surface area contributed by atoms with Crippen molar-refractivity contribution in [1.29, 1.82) is 0 Å². The molecule has 27 heavy (non-hydrogen) atoms. The first-order valence-electron chi connectivity index (χ1n) is 10.0. The number of nitrogens with one attached hydrogen (secondary N) is 1. The fourth-order valence-electron chi connectivity index (χ4n) is 4.85. The molecule has 1 amide bonds. The van der Waals surface area contributed by atoms with Crippen molar-refractivity contribution in [2.45, 2.75) is 76.8 Å². The van der Waals surface area contributed by atoms with Gasteiger partial charge in [0.05, 0.1) is 5.25 Å². The minimum atomic E-state index is -0.231. The molecule has 0 aromatic carbocycles. The van der Waals surface area contributed by atoms with E-state index in [2.05, 4.69) is 27.3 Å². The molecule has 4 rings (SSSR count). The molecule has 2 fully saturated rings. The Morgan fingerprint density at radius 1 is 1.19 bits per heavy atom. The van der Waals surface area contributed by atoms with E-state index in [1.54, 1.807) is 4.52 Å². The summed E-state index contributed by atoms with van der Waals surface area (Å²) in [4.78, 5) is 21.7. The molecular formula is C20H29N5OS. The summed E-state index contributed by atoms with van der Waals surface area (Å²) in [6.07, 6.45) is 5.38. The standard InChI is InChI=1S/C20H29N5OS/c1-10-11(2)22-19-23-20(24-25(19)13(10)4)27-14(5)18(26)21-12(3)17-9-15-6-7-16(17)8-15/h12,14-17H,6-9H2,1-5H3,(H,21,26)/t12-,14+,15-,16-,17+/m0/s1. The molecule has 6 nitrogen and oxygen atoms in total. The van der Waals surface area contributed by atoms with Gasteiger partial charge in [0, 0.05) is 17.4 Å².